The van der Waals surface area contributed by atoms with Crippen molar-refractivity contribution in [3.8, 4) is 0 Å². The summed E-state index contributed by atoms with van der Waals surface area (Å²) >= 11 is 1.84. The summed E-state index contributed by atoms with van der Waals surface area (Å²) < 4.78 is 0. The minimum Gasteiger partial charge on any atom is -0.305 e. The molecule has 0 saturated heterocycles. The third kappa shape index (κ3) is 3.94. The molecule has 0 saturated carbocycles. The second-order valence-corrected chi connectivity index (χ2v) is 6.99. The second kappa shape index (κ2) is 7.05. The molecule has 2 heteroatoms. The molecule has 1 unspecified atom stereocenters. The van der Waals surface area contributed by atoms with Crippen molar-refractivity contribution in [1.82, 2.24) is 5.32 Å². The Labute approximate surface area is 127 Å². The molecule has 0 spiro atoms. The van der Waals surface area contributed by atoms with Gasteiger partial charge in [0.1, 0.15) is 0 Å². The van der Waals surface area contributed by atoms with E-state index < -0.39 is 0 Å². The Morgan fingerprint density at radius 3 is 2.20 bits per heavy atom. The van der Waals surface area contributed by atoms with Crippen LogP contribution >= 0.6 is 11.3 Å². The van der Waals surface area contributed by atoms with E-state index in [9.17, 15) is 0 Å². The molecule has 0 amide bonds. The van der Waals surface area contributed by atoms with E-state index in [1.54, 1.807) is 0 Å². The first kappa shape index (κ1) is 15.3. The highest BCUT2D eigenvalue weighted by molar-refractivity contribution is 7.10. The predicted molar refractivity (Wildman–Crippen MR) is 89.3 cm³/mol. The fourth-order valence-electron chi connectivity index (χ4n) is 2.38. The Bertz CT molecular complexity index is 497. The van der Waals surface area contributed by atoms with Gasteiger partial charge in [0.2, 0.25) is 0 Å². The molecule has 1 aromatic carbocycles. The number of hydrogen-bond donors (Lipinski definition) is 1. The first-order valence-electron chi connectivity index (χ1n) is 7.43. The monoisotopic (exact) mass is 287 g/mol. The van der Waals surface area contributed by atoms with E-state index >= 15 is 0 Å². The number of nitrogens with one attached hydrogen (secondary N) is 1. The molecule has 0 aliphatic rings. The number of benzene rings is 1. The molecule has 0 bridgehead atoms. The molecule has 1 N–H and O–H groups in total. The van der Waals surface area contributed by atoms with Crippen LogP contribution in [0.5, 0.6) is 0 Å². The van der Waals surface area contributed by atoms with E-state index in [1.807, 2.05) is 11.3 Å². The van der Waals surface area contributed by atoms with Gasteiger partial charge in [-0.2, -0.15) is 0 Å². The molecule has 1 heterocycles. The third-order valence-corrected chi connectivity index (χ3v) is 4.64. The van der Waals surface area contributed by atoms with Crippen molar-refractivity contribution in [3.63, 3.8) is 0 Å². The molecule has 1 aromatic heterocycles. The van der Waals surface area contributed by atoms with E-state index in [-0.39, 0.29) is 0 Å². The Morgan fingerprint density at radius 2 is 1.70 bits per heavy atom. The fraction of sp³-hybridized carbons (Fsp3) is 0.444. The van der Waals surface area contributed by atoms with Gasteiger partial charge in [0.15, 0.2) is 0 Å². The molecule has 2 aromatic rings. The Kier molecular flexibility index (Phi) is 5.38. The molecule has 108 valence electrons. The van der Waals surface area contributed by atoms with Crippen LogP contribution in [0.1, 0.15) is 55.7 Å². The second-order valence-electron chi connectivity index (χ2n) is 6.01. The minimum absolute atomic E-state index is 0.444. The van der Waals surface area contributed by atoms with E-state index in [0.717, 1.165) is 6.54 Å². The van der Waals surface area contributed by atoms with Gasteiger partial charge < -0.3 is 5.32 Å². The lowest BCUT2D eigenvalue weighted by Crippen LogP contribution is -2.24. The highest BCUT2D eigenvalue weighted by Gasteiger charge is 2.15. The van der Waals surface area contributed by atoms with Crippen molar-refractivity contribution >= 4 is 11.3 Å². The van der Waals surface area contributed by atoms with Crippen LogP contribution in [0, 0.1) is 5.92 Å². The maximum atomic E-state index is 3.70. The van der Waals surface area contributed by atoms with Crippen LogP contribution in [0.4, 0.5) is 0 Å². The lowest BCUT2D eigenvalue weighted by atomic mass is 10.0. The highest BCUT2D eigenvalue weighted by atomic mass is 32.1. The summed E-state index contributed by atoms with van der Waals surface area (Å²) in [6, 6.07) is 13.8. The highest BCUT2D eigenvalue weighted by Crippen LogP contribution is 2.26. The largest absolute Gasteiger partial charge is 0.305 e. The molecule has 0 aliphatic carbocycles. The van der Waals surface area contributed by atoms with Gasteiger partial charge in [-0.3, -0.25) is 0 Å². The first-order valence-corrected chi connectivity index (χ1v) is 8.31. The SMILES string of the molecule is CC(C)c1ccc(CNC(c2cccs2)C(C)C)cc1. The van der Waals surface area contributed by atoms with Crippen LogP contribution in [0.25, 0.3) is 0 Å². The van der Waals surface area contributed by atoms with Crippen LogP contribution in [-0.4, -0.2) is 0 Å². The van der Waals surface area contributed by atoms with Gasteiger partial charge in [0.25, 0.3) is 0 Å². The molecule has 20 heavy (non-hydrogen) atoms. The number of rotatable bonds is 6. The molecular formula is C18H25NS. The molecule has 1 atom stereocenters. The van der Waals surface area contributed by atoms with E-state index in [1.165, 1.54) is 16.0 Å². The van der Waals surface area contributed by atoms with Crippen LogP contribution in [0.15, 0.2) is 41.8 Å². The average molecular weight is 287 g/mol. The summed E-state index contributed by atoms with van der Waals surface area (Å²) in [4.78, 5) is 1.43. The van der Waals surface area contributed by atoms with Crippen molar-refractivity contribution in [2.45, 2.75) is 46.2 Å². The normalized spacial score (nSPS) is 13.1. The van der Waals surface area contributed by atoms with Gasteiger partial charge in [0, 0.05) is 17.5 Å². The standard InChI is InChI=1S/C18H25NS/c1-13(2)16-9-7-15(8-10-16)12-19-18(14(3)4)17-6-5-11-20-17/h5-11,13-14,18-19H,12H2,1-4H3. The van der Waals surface area contributed by atoms with E-state index in [4.69, 9.17) is 0 Å². The molecule has 2 rings (SSSR count). The third-order valence-electron chi connectivity index (χ3n) is 3.69. The predicted octanol–water partition coefficient (Wildman–Crippen LogP) is 5.36. The number of hydrogen-bond acceptors (Lipinski definition) is 2. The zero-order valence-electron chi connectivity index (χ0n) is 12.9. The van der Waals surface area contributed by atoms with Crippen molar-refractivity contribution < 1.29 is 0 Å². The summed E-state index contributed by atoms with van der Waals surface area (Å²) in [6.45, 7) is 9.95. The van der Waals surface area contributed by atoms with E-state index in [2.05, 4.69) is 74.8 Å². The molecule has 0 aliphatic heterocycles. The Morgan fingerprint density at radius 1 is 1.00 bits per heavy atom. The topological polar surface area (TPSA) is 12.0 Å². The number of thiophene rings is 1. The molecule has 0 fully saturated rings. The van der Waals surface area contributed by atoms with E-state index in [0.29, 0.717) is 17.9 Å². The van der Waals surface area contributed by atoms with Gasteiger partial charge in [-0.05, 0) is 34.4 Å². The maximum Gasteiger partial charge on any atom is 0.0440 e. The molecular weight excluding hydrogens is 262 g/mol. The van der Waals surface area contributed by atoms with Gasteiger partial charge in [-0.15, -0.1) is 11.3 Å². The summed E-state index contributed by atoms with van der Waals surface area (Å²) in [6.07, 6.45) is 0. The Balaban J connectivity index is 1.99. The summed E-state index contributed by atoms with van der Waals surface area (Å²) in [7, 11) is 0. The van der Waals surface area contributed by atoms with Crippen molar-refractivity contribution in [3.05, 3.63) is 57.8 Å². The van der Waals surface area contributed by atoms with Gasteiger partial charge in [-0.1, -0.05) is 58.0 Å². The molecule has 1 nitrogen and oxygen atoms in total. The average Bonchev–Trinajstić information content (AvgIpc) is 2.93. The lowest BCUT2D eigenvalue weighted by Gasteiger charge is -2.21. The lowest BCUT2D eigenvalue weighted by molar-refractivity contribution is 0.416. The maximum absolute atomic E-state index is 3.70. The smallest absolute Gasteiger partial charge is 0.0440 e. The van der Waals surface area contributed by atoms with Crippen molar-refractivity contribution in [2.75, 3.05) is 0 Å². The van der Waals surface area contributed by atoms with Crippen molar-refractivity contribution in [1.29, 1.82) is 0 Å². The van der Waals surface area contributed by atoms with Crippen LogP contribution < -0.4 is 5.32 Å². The summed E-state index contributed by atoms with van der Waals surface area (Å²) in [5, 5.41) is 5.85. The van der Waals surface area contributed by atoms with Crippen LogP contribution in [0.2, 0.25) is 0 Å². The van der Waals surface area contributed by atoms with Crippen LogP contribution in [0.3, 0.4) is 0 Å². The van der Waals surface area contributed by atoms with Gasteiger partial charge in [-0.25, -0.2) is 0 Å². The minimum atomic E-state index is 0.444. The summed E-state index contributed by atoms with van der Waals surface area (Å²) in [5.74, 6) is 1.20. The summed E-state index contributed by atoms with van der Waals surface area (Å²) in [5.41, 5.74) is 2.77. The zero-order chi connectivity index (χ0) is 14.5. The zero-order valence-corrected chi connectivity index (χ0v) is 13.7. The van der Waals surface area contributed by atoms with Crippen molar-refractivity contribution in [2.24, 2.45) is 5.92 Å². The fourth-order valence-corrected chi connectivity index (χ4v) is 3.35. The molecule has 0 radical (unpaired) electrons. The van der Waals surface area contributed by atoms with Gasteiger partial charge >= 0.3 is 0 Å². The first-order chi connectivity index (χ1) is 9.58. The van der Waals surface area contributed by atoms with Crippen LogP contribution in [-0.2, 0) is 6.54 Å². The Hall–Kier alpha value is -1.12. The van der Waals surface area contributed by atoms with Gasteiger partial charge in [0.05, 0.1) is 0 Å². The quantitative estimate of drug-likeness (QED) is 0.754.